The SMILES string of the molecule is N/N=C\N(N)c1ccc(CO)c(F)c1. The molecule has 0 atom stereocenters. The lowest BCUT2D eigenvalue weighted by molar-refractivity contribution is 0.276. The number of hydrogen-bond acceptors (Lipinski definition) is 4. The van der Waals surface area contributed by atoms with Crippen molar-refractivity contribution in [2.75, 3.05) is 5.01 Å². The van der Waals surface area contributed by atoms with E-state index in [0.29, 0.717) is 5.69 Å². The highest BCUT2D eigenvalue weighted by atomic mass is 19.1. The number of rotatable bonds is 3. The average molecular weight is 198 g/mol. The standard InChI is InChI=1S/C8H11FN4O/c9-8-3-7(13(11)5-12-10)2-1-6(8)4-14/h1-3,5,14H,4,10-11H2/b12-5-. The number of anilines is 1. The Balaban J connectivity index is 2.96. The van der Waals surface area contributed by atoms with Gasteiger partial charge in [-0.15, -0.1) is 0 Å². The molecule has 0 saturated heterocycles. The van der Waals surface area contributed by atoms with E-state index in [4.69, 9.17) is 16.8 Å². The maximum absolute atomic E-state index is 13.1. The highest BCUT2D eigenvalue weighted by molar-refractivity contribution is 5.77. The predicted molar refractivity (Wildman–Crippen MR) is 51.7 cm³/mol. The van der Waals surface area contributed by atoms with Gasteiger partial charge in [-0.3, -0.25) is 5.01 Å². The molecule has 0 aliphatic rings. The van der Waals surface area contributed by atoms with E-state index in [1.54, 1.807) is 6.07 Å². The fourth-order valence-electron chi connectivity index (χ4n) is 0.964. The van der Waals surface area contributed by atoms with Crippen LogP contribution in [-0.4, -0.2) is 11.4 Å². The van der Waals surface area contributed by atoms with E-state index in [9.17, 15) is 4.39 Å². The van der Waals surface area contributed by atoms with Gasteiger partial charge < -0.3 is 10.9 Å². The summed E-state index contributed by atoms with van der Waals surface area (Å²) in [4.78, 5) is 0. The minimum Gasteiger partial charge on any atom is -0.392 e. The summed E-state index contributed by atoms with van der Waals surface area (Å²) in [6, 6.07) is 4.18. The van der Waals surface area contributed by atoms with Crippen LogP contribution < -0.4 is 16.7 Å². The summed E-state index contributed by atoms with van der Waals surface area (Å²) in [5, 5.41) is 13.0. The number of benzene rings is 1. The maximum atomic E-state index is 13.1. The Hall–Kier alpha value is -1.66. The molecule has 0 heterocycles. The average Bonchev–Trinajstić information content (AvgIpc) is 2.18. The Morgan fingerprint density at radius 2 is 2.29 bits per heavy atom. The Kier molecular flexibility index (Phi) is 3.38. The summed E-state index contributed by atoms with van der Waals surface area (Å²) in [7, 11) is 0. The van der Waals surface area contributed by atoms with Crippen LogP contribution in [-0.2, 0) is 6.61 Å². The molecule has 0 aliphatic carbocycles. The van der Waals surface area contributed by atoms with Crippen LogP contribution in [0.25, 0.3) is 0 Å². The molecule has 1 aromatic carbocycles. The molecule has 0 spiro atoms. The molecule has 14 heavy (non-hydrogen) atoms. The second kappa shape index (κ2) is 4.54. The Morgan fingerprint density at radius 1 is 1.57 bits per heavy atom. The van der Waals surface area contributed by atoms with Crippen molar-refractivity contribution in [3.63, 3.8) is 0 Å². The summed E-state index contributed by atoms with van der Waals surface area (Å²) in [5.74, 6) is 9.79. The molecular weight excluding hydrogens is 187 g/mol. The zero-order chi connectivity index (χ0) is 10.6. The molecule has 5 nitrogen and oxygen atoms in total. The van der Waals surface area contributed by atoms with Gasteiger partial charge in [0.05, 0.1) is 12.3 Å². The van der Waals surface area contributed by atoms with Crippen molar-refractivity contribution in [3.8, 4) is 0 Å². The second-order valence-corrected chi connectivity index (χ2v) is 2.61. The number of aliphatic hydroxyl groups is 1. The highest BCUT2D eigenvalue weighted by Gasteiger charge is 2.04. The zero-order valence-electron chi connectivity index (χ0n) is 7.39. The van der Waals surface area contributed by atoms with Gasteiger partial charge in [0.2, 0.25) is 0 Å². The van der Waals surface area contributed by atoms with Crippen molar-refractivity contribution in [1.29, 1.82) is 0 Å². The number of nitrogens with zero attached hydrogens (tertiary/aromatic N) is 2. The van der Waals surface area contributed by atoms with Gasteiger partial charge in [-0.2, -0.15) is 5.10 Å². The number of hydrazine groups is 1. The van der Waals surface area contributed by atoms with Crippen LogP contribution in [0.15, 0.2) is 23.3 Å². The quantitative estimate of drug-likeness (QED) is 0.274. The van der Waals surface area contributed by atoms with Gasteiger partial charge in [0, 0.05) is 5.56 Å². The first-order valence-electron chi connectivity index (χ1n) is 3.85. The van der Waals surface area contributed by atoms with Crippen LogP contribution >= 0.6 is 0 Å². The van der Waals surface area contributed by atoms with Crippen LogP contribution in [0.1, 0.15) is 5.56 Å². The molecular formula is C8H11FN4O. The number of hydrogen-bond donors (Lipinski definition) is 3. The van der Waals surface area contributed by atoms with Crippen LogP contribution in [0.3, 0.4) is 0 Å². The fourth-order valence-corrected chi connectivity index (χ4v) is 0.964. The first-order chi connectivity index (χ1) is 6.69. The third kappa shape index (κ3) is 2.18. The van der Waals surface area contributed by atoms with E-state index in [1.165, 1.54) is 12.1 Å². The van der Waals surface area contributed by atoms with Crippen LogP contribution in [0.4, 0.5) is 10.1 Å². The lowest BCUT2D eigenvalue weighted by Crippen LogP contribution is -2.29. The van der Waals surface area contributed by atoms with E-state index in [0.717, 1.165) is 11.3 Å². The molecule has 0 fully saturated rings. The second-order valence-electron chi connectivity index (χ2n) is 2.61. The van der Waals surface area contributed by atoms with E-state index >= 15 is 0 Å². The summed E-state index contributed by atoms with van der Waals surface area (Å²) in [6.07, 6.45) is 1.15. The normalized spacial score (nSPS) is 10.8. The van der Waals surface area contributed by atoms with Crippen molar-refractivity contribution in [2.45, 2.75) is 6.61 Å². The van der Waals surface area contributed by atoms with Crippen molar-refractivity contribution in [3.05, 3.63) is 29.6 Å². The molecule has 0 saturated carbocycles. The van der Waals surface area contributed by atoms with Gasteiger partial charge in [-0.05, 0) is 12.1 Å². The smallest absolute Gasteiger partial charge is 0.130 e. The van der Waals surface area contributed by atoms with Gasteiger partial charge in [-0.25, -0.2) is 10.2 Å². The maximum Gasteiger partial charge on any atom is 0.130 e. The van der Waals surface area contributed by atoms with E-state index in [-0.39, 0.29) is 12.2 Å². The molecule has 0 radical (unpaired) electrons. The number of hydrazone groups is 1. The molecule has 6 heteroatoms. The molecule has 0 aliphatic heterocycles. The Bertz CT molecular complexity index is 342. The molecule has 0 amide bonds. The molecule has 0 unspecified atom stereocenters. The number of nitrogens with two attached hydrogens (primary N) is 2. The van der Waals surface area contributed by atoms with Crippen LogP contribution in [0, 0.1) is 5.82 Å². The minimum atomic E-state index is -0.522. The number of halogens is 1. The lowest BCUT2D eigenvalue weighted by Gasteiger charge is -2.12. The largest absolute Gasteiger partial charge is 0.392 e. The van der Waals surface area contributed by atoms with Gasteiger partial charge >= 0.3 is 0 Å². The van der Waals surface area contributed by atoms with Crippen molar-refractivity contribution >= 4 is 12.0 Å². The van der Waals surface area contributed by atoms with Crippen LogP contribution in [0.2, 0.25) is 0 Å². The lowest BCUT2D eigenvalue weighted by atomic mass is 10.2. The molecule has 5 N–H and O–H groups in total. The summed E-state index contributed by atoms with van der Waals surface area (Å²) < 4.78 is 13.1. The third-order valence-electron chi connectivity index (χ3n) is 1.70. The number of aliphatic hydroxyl groups excluding tert-OH is 1. The monoisotopic (exact) mass is 198 g/mol. The van der Waals surface area contributed by atoms with E-state index in [1.807, 2.05) is 0 Å². The highest BCUT2D eigenvalue weighted by Crippen LogP contribution is 2.15. The van der Waals surface area contributed by atoms with Crippen molar-refractivity contribution < 1.29 is 9.50 Å². The molecule has 0 aromatic heterocycles. The van der Waals surface area contributed by atoms with Gasteiger partial charge in [-0.1, -0.05) is 6.07 Å². The molecule has 1 rings (SSSR count). The van der Waals surface area contributed by atoms with Gasteiger partial charge in [0.1, 0.15) is 12.2 Å². The van der Waals surface area contributed by atoms with Crippen molar-refractivity contribution in [1.82, 2.24) is 0 Å². The van der Waals surface area contributed by atoms with E-state index < -0.39 is 5.82 Å². The first kappa shape index (κ1) is 10.4. The third-order valence-corrected chi connectivity index (χ3v) is 1.70. The fraction of sp³-hybridized carbons (Fsp3) is 0.125. The molecule has 1 aromatic rings. The summed E-state index contributed by atoms with van der Waals surface area (Å²) in [5.41, 5.74) is 0.612. The first-order valence-corrected chi connectivity index (χ1v) is 3.85. The van der Waals surface area contributed by atoms with E-state index in [2.05, 4.69) is 5.10 Å². The summed E-state index contributed by atoms with van der Waals surface area (Å²) >= 11 is 0. The summed E-state index contributed by atoms with van der Waals surface area (Å²) in [6.45, 7) is -0.346. The topological polar surface area (TPSA) is 87.9 Å². The van der Waals surface area contributed by atoms with Gasteiger partial charge in [0.25, 0.3) is 0 Å². The van der Waals surface area contributed by atoms with Crippen molar-refractivity contribution in [2.24, 2.45) is 16.8 Å². The van der Waals surface area contributed by atoms with Crippen LogP contribution in [0.5, 0.6) is 0 Å². The molecule has 0 bridgehead atoms. The van der Waals surface area contributed by atoms with Gasteiger partial charge in [0.15, 0.2) is 0 Å². The Labute approximate surface area is 80.4 Å². The molecule has 76 valence electrons. The Morgan fingerprint density at radius 3 is 2.79 bits per heavy atom. The zero-order valence-corrected chi connectivity index (χ0v) is 7.39. The minimum absolute atomic E-state index is 0.215. The predicted octanol–water partition coefficient (Wildman–Crippen LogP) is -0.0999.